The zero-order valence-electron chi connectivity index (χ0n) is 4.14. The third-order valence-electron chi connectivity index (χ3n) is 0.383. The van der Waals surface area contributed by atoms with Crippen LogP contribution in [0.25, 0.3) is 0 Å². The quantitative estimate of drug-likeness (QED) is 0.533. The van der Waals surface area contributed by atoms with Crippen LogP contribution in [0, 0.1) is 0 Å². The predicted molar refractivity (Wildman–Crippen MR) is 21.7 cm³/mol. The van der Waals surface area contributed by atoms with Gasteiger partial charge in [0.15, 0.2) is 0 Å². The molecule has 3 nitrogen and oxygen atoms in total. The minimum absolute atomic E-state index is 0. The first-order valence-corrected chi connectivity index (χ1v) is 1.55. The van der Waals surface area contributed by atoms with Gasteiger partial charge >= 0.3 is 6.09 Å². The number of hydrogen-bond acceptors (Lipinski definition) is 1. The number of carboxylic acid groups (broad SMARTS) is 1. The SMILES string of the molecule is CN(C)C(=O)O.[Co]. The molecule has 0 spiro atoms. The van der Waals surface area contributed by atoms with Crippen LogP contribution in [-0.2, 0) is 16.8 Å². The molecule has 0 aromatic rings. The van der Waals surface area contributed by atoms with Crippen LogP contribution in [0.5, 0.6) is 0 Å². The summed E-state index contributed by atoms with van der Waals surface area (Å²) in [5.74, 6) is 0. The number of hydrogen-bond donors (Lipinski definition) is 1. The van der Waals surface area contributed by atoms with Crippen molar-refractivity contribution in [1.82, 2.24) is 4.90 Å². The fraction of sp³-hybridized carbons (Fsp3) is 0.667. The van der Waals surface area contributed by atoms with Gasteiger partial charge in [0.05, 0.1) is 0 Å². The second-order valence-corrected chi connectivity index (χ2v) is 1.18. The van der Waals surface area contributed by atoms with Crippen LogP contribution in [0.1, 0.15) is 0 Å². The molecule has 0 unspecified atom stereocenters. The normalized spacial score (nSPS) is 6.57. The fourth-order valence-electron chi connectivity index (χ4n) is 0. The van der Waals surface area contributed by atoms with Gasteiger partial charge in [0.25, 0.3) is 0 Å². The molecule has 0 aliphatic carbocycles. The number of rotatable bonds is 0. The van der Waals surface area contributed by atoms with Gasteiger partial charge in [0.2, 0.25) is 0 Å². The first-order chi connectivity index (χ1) is 2.64. The van der Waals surface area contributed by atoms with Crippen molar-refractivity contribution < 1.29 is 26.7 Å². The van der Waals surface area contributed by atoms with E-state index in [4.69, 9.17) is 5.11 Å². The van der Waals surface area contributed by atoms with Crippen molar-refractivity contribution in [2.75, 3.05) is 14.1 Å². The summed E-state index contributed by atoms with van der Waals surface area (Å²) in [4.78, 5) is 10.7. The third-order valence-corrected chi connectivity index (χ3v) is 0.383. The summed E-state index contributed by atoms with van der Waals surface area (Å²) < 4.78 is 0. The molecule has 0 saturated carbocycles. The fourth-order valence-corrected chi connectivity index (χ4v) is 0. The monoisotopic (exact) mass is 148 g/mol. The molecular weight excluding hydrogens is 141 g/mol. The van der Waals surface area contributed by atoms with Gasteiger partial charge in [-0.2, -0.15) is 0 Å². The Morgan fingerprint density at radius 1 is 1.57 bits per heavy atom. The van der Waals surface area contributed by atoms with Crippen molar-refractivity contribution >= 4 is 6.09 Å². The van der Waals surface area contributed by atoms with Crippen LogP contribution in [-0.4, -0.2) is 30.2 Å². The van der Waals surface area contributed by atoms with E-state index in [0.717, 1.165) is 4.90 Å². The van der Waals surface area contributed by atoms with Gasteiger partial charge in [-0.3, -0.25) is 0 Å². The average molecular weight is 148 g/mol. The van der Waals surface area contributed by atoms with Crippen molar-refractivity contribution in [2.24, 2.45) is 0 Å². The van der Waals surface area contributed by atoms with Gasteiger partial charge in [0.1, 0.15) is 0 Å². The molecule has 1 radical (unpaired) electrons. The van der Waals surface area contributed by atoms with Crippen LogP contribution < -0.4 is 0 Å². The molecule has 0 heterocycles. The minimum atomic E-state index is -0.907. The second kappa shape index (κ2) is 3.95. The van der Waals surface area contributed by atoms with E-state index in [-0.39, 0.29) is 16.8 Å². The topological polar surface area (TPSA) is 40.5 Å². The molecule has 0 aromatic carbocycles. The van der Waals surface area contributed by atoms with E-state index in [1.165, 1.54) is 14.1 Å². The van der Waals surface area contributed by atoms with Crippen molar-refractivity contribution in [3.05, 3.63) is 0 Å². The maximum atomic E-state index is 9.62. The first kappa shape index (κ1) is 9.91. The van der Waals surface area contributed by atoms with Crippen molar-refractivity contribution in [1.29, 1.82) is 0 Å². The van der Waals surface area contributed by atoms with Gasteiger partial charge in [-0.15, -0.1) is 0 Å². The van der Waals surface area contributed by atoms with Crippen molar-refractivity contribution in [3.8, 4) is 0 Å². The first-order valence-electron chi connectivity index (χ1n) is 1.55. The Morgan fingerprint density at radius 2 is 1.71 bits per heavy atom. The molecule has 0 aliphatic rings. The smallest absolute Gasteiger partial charge is 0.406 e. The van der Waals surface area contributed by atoms with Crippen molar-refractivity contribution in [3.63, 3.8) is 0 Å². The Kier molecular flexibility index (Phi) is 5.59. The maximum Gasteiger partial charge on any atom is 0.406 e. The summed E-state index contributed by atoms with van der Waals surface area (Å²) >= 11 is 0. The van der Waals surface area contributed by atoms with Gasteiger partial charge in [-0.25, -0.2) is 4.79 Å². The Hall–Kier alpha value is -0.224. The average Bonchev–Trinajstić information content (AvgIpc) is 1.36. The zero-order chi connectivity index (χ0) is 5.15. The zero-order valence-corrected chi connectivity index (χ0v) is 5.18. The van der Waals surface area contributed by atoms with E-state index in [0.29, 0.717) is 0 Å². The van der Waals surface area contributed by atoms with E-state index in [9.17, 15) is 4.79 Å². The molecule has 0 bridgehead atoms. The van der Waals surface area contributed by atoms with E-state index < -0.39 is 6.09 Å². The van der Waals surface area contributed by atoms with E-state index in [1.807, 2.05) is 0 Å². The van der Waals surface area contributed by atoms with Gasteiger partial charge in [-0.1, -0.05) is 0 Å². The molecule has 0 fully saturated rings. The van der Waals surface area contributed by atoms with E-state index in [2.05, 4.69) is 0 Å². The molecule has 4 heteroatoms. The molecule has 0 aliphatic heterocycles. The van der Waals surface area contributed by atoms with Gasteiger partial charge in [-0.05, 0) is 0 Å². The molecule has 1 N–H and O–H groups in total. The van der Waals surface area contributed by atoms with Crippen LogP contribution in [0.2, 0.25) is 0 Å². The molecule has 0 rings (SSSR count). The number of carbonyl (C=O) groups is 1. The summed E-state index contributed by atoms with van der Waals surface area (Å²) in [5.41, 5.74) is 0. The summed E-state index contributed by atoms with van der Waals surface area (Å²) in [6, 6.07) is 0. The molecule has 7 heavy (non-hydrogen) atoms. The number of nitrogens with zero attached hydrogens (tertiary/aromatic N) is 1. The van der Waals surface area contributed by atoms with E-state index >= 15 is 0 Å². The summed E-state index contributed by atoms with van der Waals surface area (Å²) in [6.45, 7) is 0. The Labute approximate surface area is 52.5 Å². The van der Waals surface area contributed by atoms with Crippen LogP contribution in [0.15, 0.2) is 0 Å². The van der Waals surface area contributed by atoms with Crippen molar-refractivity contribution in [2.45, 2.75) is 0 Å². The third kappa shape index (κ3) is 5.78. The Bertz CT molecular complexity index is 64.0. The second-order valence-electron chi connectivity index (χ2n) is 1.18. The largest absolute Gasteiger partial charge is 0.465 e. The molecule has 0 saturated heterocycles. The molecule has 45 valence electrons. The minimum Gasteiger partial charge on any atom is -0.465 e. The van der Waals surface area contributed by atoms with E-state index in [1.54, 1.807) is 0 Å². The molecular formula is C3H7CoNO2. The standard InChI is InChI=1S/C3H7NO2.Co/c1-4(2)3(5)6;/h1-2H3,(H,5,6);. The van der Waals surface area contributed by atoms with Gasteiger partial charge < -0.3 is 10.0 Å². The Balaban J connectivity index is 0. The summed E-state index contributed by atoms with van der Waals surface area (Å²) in [6.07, 6.45) is -0.907. The molecule has 0 atom stereocenters. The van der Waals surface area contributed by atoms with Gasteiger partial charge in [0, 0.05) is 30.9 Å². The molecule has 0 aromatic heterocycles. The predicted octanol–water partition coefficient (Wildman–Crippen LogP) is 0.224. The Morgan fingerprint density at radius 3 is 1.71 bits per heavy atom. The molecule has 1 amide bonds. The summed E-state index contributed by atoms with van der Waals surface area (Å²) in [7, 11) is 2.95. The summed E-state index contributed by atoms with van der Waals surface area (Å²) in [5, 5.41) is 7.92. The van der Waals surface area contributed by atoms with Crippen LogP contribution in [0.3, 0.4) is 0 Å². The van der Waals surface area contributed by atoms with Crippen LogP contribution >= 0.6 is 0 Å². The number of amides is 1. The maximum absolute atomic E-state index is 9.62. The van der Waals surface area contributed by atoms with Crippen LogP contribution in [0.4, 0.5) is 4.79 Å².